The van der Waals surface area contributed by atoms with Gasteiger partial charge in [0.1, 0.15) is 0 Å². The van der Waals surface area contributed by atoms with Crippen molar-refractivity contribution < 1.29 is 0 Å². The maximum absolute atomic E-state index is 5.63. The fourth-order valence-electron chi connectivity index (χ4n) is 1.81. The first-order valence-corrected chi connectivity index (χ1v) is 5.55. The Morgan fingerprint density at radius 3 is 3.06 bits per heavy atom. The van der Waals surface area contributed by atoms with E-state index < -0.39 is 0 Å². The number of H-pyrrole nitrogens is 1. The highest BCUT2D eigenvalue weighted by molar-refractivity contribution is 5.78. The van der Waals surface area contributed by atoms with Crippen molar-refractivity contribution in [2.24, 2.45) is 11.7 Å². The number of rotatable bonds is 4. The van der Waals surface area contributed by atoms with Crippen molar-refractivity contribution in [2.75, 3.05) is 25.0 Å². The molecule has 0 spiro atoms. The van der Waals surface area contributed by atoms with Crippen LogP contribution in [0.1, 0.15) is 6.92 Å². The number of nitrogens with two attached hydrogens (primary N) is 1. The van der Waals surface area contributed by atoms with E-state index in [9.17, 15) is 0 Å². The Bertz CT molecular complexity index is 463. The van der Waals surface area contributed by atoms with Crippen LogP contribution in [0.4, 0.5) is 5.69 Å². The maximum atomic E-state index is 5.63. The summed E-state index contributed by atoms with van der Waals surface area (Å²) >= 11 is 0. The quantitative estimate of drug-likeness (QED) is 0.819. The second kappa shape index (κ2) is 4.53. The van der Waals surface area contributed by atoms with Crippen molar-refractivity contribution in [1.82, 2.24) is 9.97 Å². The third kappa shape index (κ3) is 2.17. The van der Waals surface area contributed by atoms with E-state index in [1.54, 1.807) is 6.33 Å². The number of nitrogens with zero attached hydrogens (tertiary/aromatic N) is 2. The summed E-state index contributed by atoms with van der Waals surface area (Å²) in [6.07, 6.45) is 1.72. The fraction of sp³-hybridized carbons (Fsp3) is 0.417. The highest BCUT2D eigenvalue weighted by Crippen LogP contribution is 2.19. The first kappa shape index (κ1) is 11.0. The Hall–Kier alpha value is -1.55. The van der Waals surface area contributed by atoms with E-state index in [1.165, 1.54) is 5.69 Å². The molecule has 1 heterocycles. The molecule has 1 aromatic carbocycles. The molecule has 3 N–H and O–H groups in total. The van der Waals surface area contributed by atoms with E-state index >= 15 is 0 Å². The van der Waals surface area contributed by atoms with Crippen LogP contribution in [0.2, 0.25) is 0 Å². The van der Waals surface area contributed by atoms with Crippen molar-refractivity contribution >= 4 is 16.7 Å². The van der Waals surface area contributed by atoms with E-state index in [2.05, 4.69) is 41.0 Å². The van der Waals surface area contributed by atoms with Gasteiger partial charge in [0.2, 0.25) is 0 Å². The lowest BCUT2D eigenvalue weighted by Crippen LogP contribution is -2.28. The molecule has 1 unspecified atom stereocenters. The summed E-state index contributed by atoms with van der Waals surface area (Å²) in [7, 11) is 2.09. The Kier molecular flexibility index (Phi) is 3.10. The van der Waals surface area contributed by atoms with Gasteiger partial charge in [0.25, 0.3) is 0 Å². The van der Waals surface area contributed by atoms with Gasteiger partial charge in [-0.3, -0.25) is 0 Å². The highest BCUT2D eigenvalue weighted by Gasteiger charge is 2.06. The minimum atomic E-state index is 0.502. The molecule has 0 aliphatic heterocycles. The molecule has 1 atom stereocenters. The van der Waals surface area contributed by atoms with Crippen LogP contribution in [0.3, 0.4) is 0 Å². The third-order valence-corrected chi connectivity index (χ3v) is 2.83. The van der Waals surface area contributed by atoms with E-state index in [1.807, 2.05) is 6.07 Å². The van der Waals surface area contributed by atoms with Gasteiger partial charge in [0.05, 0.1) is 17.4 Å². The number of imidazole rings is 1. The van der Waals surface area contributed by atoms with Gasteiger partial charge in [0, 0.05) is 19.3 Å². The van der Waals surface area contributed by atoms with E-state index in [4.69, 9.17) is 5.73 Å². The Labute approximate surface area is 95.5 Å². The molecule has 2 rings (SSSR count). The number of benzene rings is 1. The Balaban J connectivity index is 2.18. The molecule has 86 valence electrons. The zero-order valence-corrected chi connectivity index (χ0v) is 9.77. The van der Waals surface area contributed by atoms with Crippen molar-refractivity contribution in [2.45, 2.75) is 6.92 Å². The Morgan fingerprint density at radius 2 is 2.31 bits per heavy atom. The molecule has 0 radical (unpaired) electrons. The lowest BCUT2D eigenvalue weighted by Gasteiger charge is -2.22. The zero-order valence-electron chi connectivity index (χ0n) is 9.77. The van der Waals surface area contributed by atoms with Crippen LogP contribution >= 0.6 is 0 Å². The maximum Gasteiger partial charge on any atom is 0.0931 e. The SMILES string of the molecule is CC(CN)CN(C)c1ccc2nc[nH]c2c1. The number of aromatic nitrogens is 2. The van der Waals surface area contributed by atoms with Gasteiger partial charge in [0.15, 0.2) is 0 Å². The molecule has 16 heavy (non-hydrogen) atoms. The van der Waals surface area contributed by atoms with Gasteiger partial charge in [-0.25, -0.2) is 4.98 Å². The van der Waals surface area contributed by atoms with Gasteiger partial charge in [-0.15, -0.1) is 0 Å². The van der Waals surface area contributed by atoms with E-state index in [0.29, 0.717) is 5.92 Å². The average Bonchev–Trinajstić information content (AvgIpc) is 2.75. The second-order valence-corrected chi connectivity index (χ2v) is 4.33. The van der Waals surface area contributed by atoms with Gasteiger partial charge >= 0.3 is 0 Å². The molecule has 0 saturated heterocycles. The standard InChI is InChI=1S/C12H18N4/c1-9(6-13)7-16(2)10-3-4-11-12(5-10)15-8-14-11/h3-5,8-9H,6-7,13H2,1-2H3,(H,14,15). The molecule has 0 aliphatic rings. The van der Waals surface area contributed by atoms with Crippen molar-refractivity contribution in [1.29, 1.82) is 0 Å². The summed E-state index contributed by atoms with van der Waals surface area (Å²) in [5.74, 6) is 0.502. The molecular formula is C12H18N4. The number of aromatic amines is 1. The van der Waals surface area contributed by atoms with Crippen molar-refractivity contribution in [3.05, 3.63) is 24.5 Å². The van der Waals surface area contributed by atoms with Crippen molar-refractivity contribution in [3.63, 3.8) is 0 Å². The largest absolute Gasteiger partial charge is 0.374 e. The number of hydrogen-bond donors (Lipinski definition) is 2. The lowest BCUT2D eigenvalue weighted by molar-refractivity contribution is 0.590. The predicted octanol–water partition coefficient (Wildman–Crippen LogP) is 1.59. The molecule has 0 bridgehead atoms. The lowest BCUT2D eigenvalue weighted by atomic mass is 10.1. The molecule has 0 saturated carbocycles. The van der Waals surface area contributed by atoms with Crippen LogP contribution < -0.4 is 10.6 Å². The van der Waals surface area contributed by atoms with Gasteiger partial charge in [-0.05, 0) is 30.7 Å². The summed E-state index contributed by atoms with van der Waals surface area (Å²) in [5, 5.41) is 0. The molecule has 2 aromatic rings. The Morgan fingerprint density at radius 1 is 1.50 bits per heavy atom. The molecule has 0 fully saturated rings. The van der Waals surface area contributed by atoms with Gasteiger partial charge in [-0.1, -0.05) is 6.92 Å². The van der Waals surface area contributed by atoms with E-state index in [0.717, 1.165) is 24.1 Å². The smallest absolute Gasteiger partial charge is 0.0931 e. The molecule has 4 heteroatoms. The zero-order chi connectivity index (χ0) is 11.5. The minimum absolute atomic E-state index is 0.502. The number of nitrogens with one attached hydrogen (secondary N) is 1. The molecule has 1 aromatic heterocycles. The second-order valence-electron chi connectivity index (χ2n) is 4.33. The first-order valence-electron chi connectivity index (χ1n) is 5.55. The normalized spacial score (nSPS) is 12.9. The summed E-state index contributed by atoms with van der Waals surface area (Å²) in [5.41, 5.74) is 8.90. The van der Waals surface area contributed by atoms with Gasteiger partial charge < -0.3 is 15.6 Å². The van der Waals surface area contributed by atoms with Crippen LogP contribution in [0.5, 0.6) is 0 Å². The minimum Gasteiger partial charge on any atom is -0.374 e. The van der Waals surface area contributed by atoms with Crippen LogP contribution in [0.15, 0.2) is 24.5 Å². The first-order chi connectivity index (χ1) is 7.70. The molecule has 0 aliphatic carbocycles. The average molecular weight is 218 g/mol. The topological polar surface area (TPSA) is 57.9 Å². The third-order valence-electron chi connectivity index (χ3n) is 2.83. The van der Waals surface area contributed by atoms with Gasteiger partial charge in [-0.2, -0.15) is 0 Å². The molecule has 4 nitrogen and oxygen atoms in total. The summed E-state index contributed by atoms with van der Waals surface area (Å²) in [4.78, 5) is 9.54. The summed E-state index contributed by atoms with van der Waals surface area (Å²) < 4.78 is 0. The monoisotopic (exact) mass is 218 g/mol. The van der Waals surface area contributed by atoms with Crippen LogP contribution in [-0.4, -0.2) is 30.1 Å². The van der Waals surface area contributed by atoms with Crippen molar-refractivity contribution in [3.8, 4) is 0 Å². The number of hydrogen-bond acceptors (Lipinski definition) is 3. The summed E-state index contributed by atoms with van der Waals surface area (Å²) in [6, 6.07) is 6.24. The highest BCUT2D eigenvalue weighted by atomic mass is 15.1. The van der Waals surface area contributed by atoms with E-state index in [-0.39, 0.29) is 0 Å². The molecular weight excluding hydrogens is 200 g/mol. The number of anilines is 1. The van der Waals surface area contributed by atoms with Crippen LogP contribution in [0, 0.1) is 5.92 Å². The predicted molar refractivity (Wildman–Crippen MR) is 67.6 cm³/mol. The molecule has 0 amide bonds. The number of fused-ring (bicyclic) bond motifs is 1. The summed E-state index contributed by atoms with van der Waals surface area (Å²) in [6.45, 7) is 3.85. The van der Waals surface area contributed by atoms with Crippen LogP contribution in [0.25, 0.3) is 11.0 Å². The van der Waals surface area contributed by atoms with Crippen LogP contribution in [-0.2, 0) is 0 Å². The fourth-order valence-corrected chi connectivity index (χ4v) is 1.81.